The van der Waals surface area contributed by atoms with Crippen molar-refractivity contribution < 1.29 is 0 Å². The Morgan fingerprint density at radius 2 is 2.00 bits per heavy atom. The van der Waals surface area contributed by atoms with Crippen LogP contribution in [0.3, 0.4) is 0 Å². The van der Waals surface area contributed by atoms with Gasteiger partial charge in [-0.2, -0.15) is 11.8 Å². The van der Waals surface area contributed by atoms with Crippen molar-refractivity contribution in [1.29, 1.82) is 0 Å². The van der Waals surface area contributed by atoms with Gasteiger partial charge in [0.1, 0.15) is 0 Å². The molecule has 1 nitrogen and oxygen atoms in total. The molecular formula is C14H19Cl2NS. The van der Waals surface area contributed by atoms with E-state index in [1.165, 1.54) is 29.9 Å². The van der Waals surface area contributed by atoms with Crippen LogP contribution in [0.4, 0.5) is 0 Å². The van der Waals surface area contributed by atoms with E-state index in [1.54, 1.807) is 0 Å². The molecule has 0 aliphatic carbocycles. The molecule has 1 aliphatic heterocycles. The van der Waals surface area contributed by atoms with Gasteiger partial charge >= 0.3 is 0 Å². The molecule has 1 saturated heterocycles. The molecule has 1 fully saturated rings. The fourth-order valence-electron chi connectivity index (χ4n) is 2.19. The summed E-state index contributed by atoms with van der Waals surface area (Å²) >= 11 is 14.0. The molecular weight excluding hydrogens is 285 g/mol. The molecule has 2 rings (SSSR count). The summed E-state index contributed by atoms with van der Waals surface area (Å²) in [6.07, 6.45) is 2.68. The molecule has 1 aromatic rings. The predicted octanol–water partition coefficient (Wildman–Crippen LogP) is 4.79. The van der Waals surface area contributed by atoms with E-state index in [2.05, 4.69) is 24.0 Å². The average Bonchev–Trinajstić information content (AvgIpc) is 2.40. The van der Waals surface area contributed by atoms with Gasteiger partial charge in [0.15, 0.2) is 0 Å². The van der Waals surface area contributed by atoms with Gasteiger partial charge in [0.2, 0.25) is 0 Å². The lowest BCUT2D eigenvalue weighted by Gasteiger charge is -2.24. The van der Waals surface area contributed by atoms with Gasteiger partial charge in [-0.15, -0.1) is 0 Å². The van der Waals surface area contributed by atoms with Crippen LogP contribution in [-0.2, 0) is 0 Å². The largest absolute Gasteiger partial charge is 0.310 e. The Morgan fingerprint density at radius 1 is 1.28 bits per heavy atom. The minimum Gasteiger partial charge on any atom is -0.310 e. The van der Waals surface area contributed by atoms with Gasteiger partial charge in [0, 0.05) is 6.04 Å². The van der Waals surface area contributed by atoms with Gasteiger partial charge in [-0.25, -0.2) is 0 Å². The van der Waals surface area contributed by atoms with Gasteiger partial charge in [0.05, 0.1) is 10.0 Å². The van der Waals surface area contributed by atoms with Crippen LogP contribution in [0, 0.1) is 5.92 Å². The zero-order chi connectivity index (χ0) is 13.0. The minimum atomic E-state index is 0.328. The average molecular weight is 304 g/mol. The maximum atomic E-state index is 6.04. The van der Waals surface area contributed by atoms with Crippen LogP contribution >= 0.6 is 35.0 Å². The van der Waals surface area contributed by atoms with Crippen LogP contribution < -0.4 is 5.32 Å². The molecule has 0 amide bonds. The van der Waals surface area contributed by atoms with Crippen molar-refractivity contribution in [2.75, 3.05) is 18.1 Å². The standard InChI is InChI=1S/C14H19Cl2NS/c1-10(12-2-3-13(15)14(16)8-12)17-9-11-4-6-18-7-5-11/h2-3,8,10-11,17H,4-7,9H2,1H3. The first-order valence-electron chi connectivity index (χ1n) is 6.43. The van der Waals surface area contributed by atoms with Crippen LogP contribution in [-0.4, -0.2) is 18.1 Å². The minimum absolute atomic E-state index is 0.328. The van der Waals surface area contributed by atoms with Crippen molar-refractivity contribution in [2.45, 2.75) is 25.8 Å². The first-order valence-corrected chi connectivity index (χ1v) is 8.34. The number of benzene rings is 1. The van der Waals surface area contributed by atoms with E-state index in [0.29, 0.717) is 16.1 Å². The second-order valence-corrected chi connectivity index (χ2v) is 6.90. The highest BCUT2D eigenvalue weighted by molar-refractivity contribution is 7.99. The van der Waals surface area contributed by atoms with Gasteiger partial charge < -0.3 is 5.32 Å². The molecule has 0 spiro atoms. The highest BCUT2D eigenvalue weighted by Gasteiger charge is 2.15. The second kappa shape index (κ2) is 7.04. The smallest absolute Gasteiger partial charge is 0.0595 e. The molecule has 1 heterocycles. The van der Waals surface area contributed by atoms with Crippen molar-refractivity contribution in [2.24, 2.45) is 5.92 Å². The van der Waals surface area contributed by atoms with Crippen LogP contribution in [0.15, 0.2) is 18.2 Å². The normalized spacial score (nSPS) is 18.8. The number of hydrogen-bond donors (Lipinski definition) is 1. The number of nitrogens with one attached hydrogen (secondary N) is 1. The lowest BCUT2D eigenvalue weighted by Crippen LogP contribution is -2.28. The molecule has 1 unspecified atom stereocenters. The number of halogens is 2. The maximum Gasteiger partial charge on any atom is 0.0595 e. The van der Waals surface area contributed by atoms with Crippen molar-refractivity contribution >= 4 is 35.0 Å². The Labute approximate surface area is 124 Å². The topological polar surface area (TPSA) is 12.0 Å². The third kappa shape index (κ3) is 4.06. The van der Waals surface area contributed by atoms with Crippen LogP contribution in [0.1, 0.15) is 31.4 Å². The van der Waals surface area contributed by atoms with Crippen molar-refractivity contribution in [3.8, 4) is 0 Å². The van der Waals surface area contributed by atoms with E-state index in [1.807, 2.05) is 18.2 Å². The summed E-state index contributed by atoms with van der Waals surface area (Å²) in [7, 11) is 0. The quantitative estimate of drug-likeness (QED) is 0.858. The Balaban J connectivity index is 1.86. The lowest BCUT2D eigenvalue weighted by molar-refractivity contribution is 0.421. The zero-order valence-electron chi connectivity index (χ0n) is 10.6. The van der Waals surface area contributed by atoms with E-state index in [-0.39, 0.29) is 0 Å². The van der Waals surface area contributed by atoms with Gasteiger partial charge in [0.25, 0.3) is 0 Å². The van der Waals surface area contributed by atoms with E-state index >= 15 is 0 Å². The summed E-state index contributed by atoms with van der Waals surface area (Å²) < 4.78 is 0. The zero-order valence-corrected chi connectivity index (χ0v) is 12.9. The van der Waals surface area contributed by atoms with Crippen molar-refractivity contribution in [1.82, 2.24) is 5.32 Å². The fraction of sp³-hybridized carbons (Fsp3) is 0.571. The molecule has 1 aromatic carbocycles. The fourth-order valence-corrected chi connectivity index (χ4v) is 3.70. The molecule has 0 aromatic heterocycles. The number of hydrogen-bond acceptors (Lipinski definition) is 2. The Kier molecular flexibility index (Phi) is 5.68. The van der Waals surface area contributed by atoms with E-state index < -0.39 is 0 Å². The predicted molar refractivity (Wildman–Crippen MR) is 82.9 cm³/mol. The Morgan fingerprint density at radius 3 is 2.67 bits per heavy atom. The number of rotatable bonds is 4. The molecule has 0 bridgehead atoms. The lowest BCUT2D eigenvalue weighted by atomic mass is 10.0. The molecule has 100 valence electrons. The van der Waals surface area contributed by atoms with Gasteiger partial charge in [-0.05, 0) is 61.4 Å². The molecule has 18 heavy (non-hydrogen) atoms. The monoisotopic (exact) mass is 303 g/mol. The third-order valence-corrected chi connectivity index (χ3v) is 5.29. The van der Waals surface area contributed by atoms with Gasteiger partial charge in [-0.1, -0.05) is 29.3 Å². The Bertz CT molecular complexity index is 391. The van der Waals surface area contributed by atoms with Crippen LogP contribution in [0.5, 0.6) is 0 Å². The second-order valence-electron chi connectivity index (χ2n) is 4.86. The highest BCUT2D eigenvalue weighted by atomic mass is 35.5. The van der Waals surface area contributed by atoms with E-state index in [0.717, 1.165) is 12.5 Å². The van der Waals surface area contributed by atoms with Crippen LogP contribution in [0.25, 0.3) is 0 Å². The SMILES string of the molecule is CC(NCC1CCSCC1)c1ccc(Cl)c(Cl)c1. The highest BCUT2D eigenvalue weighted by Crippen LogP contribution is 2.26. The summed E-state index contributed by atoms with van der Waals surface area (Å²) in [5.74, 6) is 3.46. The molecule has 4 heteroatoms. The summed E-state index contributed by atoms with van der Waals surface area (Å²) in [5.41, 5.74) is 1.20. The first-order chi connectivity index (χ1) is 8.66. The van der Waals surface area contributed by atoms with Crippen molar-refractivity contribution in [3.05, 3.63) is 33.8 Å². The summed E-state index contributed by atoms with van der Waals surface area (Å²) in [6.45, 7) is 3.28. The Hall–Kier alpha value is 0.110. The first kappa shape index (κ1) is 14.5. The van der Waals surface area contributed by atoms with E-state index in [4.69, 9.17) is 23.2 Å². The summed E-state index contributed by atoms with van der Waals surface area (Å²) in [6, 6.07) is 6.20. The van der Waals surface area contributed by atoms with Crippen LogP contribution in [0.2, 0.25) is 10.0 Å². The number of thioether (sulfide) groups is 1. The third-order valence-electron chi connectivity index (χ3n) is 3.50. The maximum absolute atomic E-state index is 6.04. The van der Waals surface area contributed by atoms with Crippen molar-refractivity contribution in [3.63, 3.8) is 0 Å². The summed E-state index contributed by atoms with van der Waals surface area (Å²) in [4.78, 5) is 0. The summed E-state index contributed by atoms with van der Waals surface area (Å²) in [5, 5.41) is 4.86. The van der Waals surface area contributed by atoms with E-state index in [9.17, 15) is 0 Å². The van der Waals surface area contributed by atoms with Gasteiger partial charge in [-0.3, -0.25) is 0 Å². The molecule has 1 aliphatic rings. The molecule has 1 N–H and O–H groups in total. The molecule has 0 radical (unpaired) electrons. The molecule has 0 saturated carbocycles. The molecule has 1 atom stereocenters.